The van der Waals surface area contributed by atoms with E-state index in [1.165, 1.54) is 17.7 Å². The average Bonchev–Trinajstić information content (AvgIpc) is 3.30. The highest BCUT2D eigenvalue weighted by Crippen LogP contribution is 2.27. The summed E-state index contributed by atoms with van der Waals surface area (Å²) < 4.78 is 11.1. The van der Waals surface area contributed by atoms with Crippen molar-refractivity contribution in [3.8, 4) is 5.75 Å². The minimum absolute atomic E-state index is 0.0214. The smallest absolute Gasteiger partial charge is 0.310 e. The van der Waals surface area contributed by atoms with E-state index in [0.29, 0.717) is 11.7 Å². The van der Waals surface area contributed by atoms with Gasteiger partial charge in [-0.25, -0.2) is 0 Å². The van der Waals surface area contributed by atoms with E-state index < -0.39 is 4.92 Å². The van der Waals surface area contributed by atoms with Crippen molar-refractivity contribution in [2.24, 2.45) is 0 Å². The number of nitro benzene ring substituents is 1. The Balaban J connectivity index is 1.63. The van der Waals surface area contributed by atoms with Gasteiger partial charge < -0.3 is 14.5 Å². The van der Waals surface area contributed by atoms with E-state index in [1.54, 1.807) is 24.3 Å². The molecule has 0 bridgehead atoms. The van der Waals surface area contributed by atoms with Crippen LogP contribution in [0.2, 0.25) is 0 Å². The molecule has 0 saturated carbocycles. The Morgan fingerprint density at radius 3 is 2.38 bits per heavy atom. The zero-order valence-corrected chi connectivity index (χ0v) is 18.5. The molecule has 0 fully saturated rings. The van der Waals surface area contributed by atoms with Crippen LogP contribution in [0.5, 0.6) is 5.75 Å². The van der Waals surface area contributed by atoms with Crippen LogP contribution in [0.25, 0.3) is 0 Å². The molecule has 0 aliphatic heterocycles. The number of furan rings is 1. The number of rotatable bonds is 10. The fraction of sp³-hybridized carbons (Fsp3) is 0.320. The number of hydrogen-bond acceptors (Lipinski definition) is 5. The number of ether oxygens (including phenoxy) is 1. The quantitative estimate of drug-likeness (QED) is 0.303. The Labute approximate surface area is 187 Å². The van der Waals surface area contributed by atoms with E-state index in [9.17, 15) is 14.9 Å². The summed E-state index contributed by atoms with van der Waals surface area (Å²) in [5, 5.41) is 14.1. The second kappa shape index (κ2) is 10.6. The second-order valence-electron chi connectivity index (χ2n) is 7.69. The van der Waals surface area contributed by atoms with Crippen molar-refractivity contribution < 1.29 is 18.9 Å². The van der Waals surface area contributed by atoms with Gasteiger partial charge in [-0.05, 0) is 48.1 Å². The third-order valence-corrected chi connectivity index (χ3v) is 5.55. The summed E-state index contributed by atoms with van der Waals surface area (Å²) in [4.78, 5) is 23.3. The van der Waals surface area contributed by atoms with Gasteiger partial charge in [0.05, 0.1) is 11.0 Å². The Hall–Kier alpha value is -3.61. The predicted molar refractivity (Wildman–Crippen MR) is 122 cm³/mol. The number of hydrogen-bond donors (Lipinski definition) is 1. The van der Waals surface area contributed by atoms with Crippen LogP contribution in [0.15, 0.2) is 65.1 Å². The second-order valence-corrected chi connectivity index (χ2v) is 7.69. The monoisotopic (exact) mass is 436 g/mol. The molecule has 1 heterocycles. The first-order valence-corrected chi connectivity index (χ1v) is 10.8. The number of nitrogens with zero attached hydrogens (tertiary/aromatic N) is 1. The van der Waals surface area contributed by atoms with Crippen molar-refractivity contribution in [2.45, 2.75) is 52.2 Å². The first-order valence-electron chi connectivity index (χ1n) is 10.8. The summed E-state index contributed by atoms with van der Waals surface area (Å²) >= 11 is 0. The fourth-order valence-electron chi connectivity index (χ4n) is 3.40. The van der Waals surface area contributed by atoms with Crippen molar-refractivity contribution in [2.75, 3.05) is 0 Å². The molecule has 0 aliphatic rings. The number of nitro groups is 1. The zero-order valence-electron chi connectivity index (χ0n) is 18.5. The number of carbonyl (C=O) groups excluding carboxylic acids is 1. The van der Waals surface area contributed by atoms with Crippen molar-refractivity contribution in [1.82, 2.24) is 5.32 Å². The summed E-state index contributed by atoms with van der Waals surface area (Å²) in [6, 6.07) is 17.5. The standard InChI is InChI=1S/C25H28N2O5/c1-4-17(3)18-10-12-19(13-11-18)21(5-2)26-25(28)24-15-14-20(32-24)16-31-23-9-7-6-8-22(23)27(29)30/h6-15,17,21H,4-5,16H2,1-3H3,(H,26,28). The lowest BCUT2D eigenvalue weighted by atomic mass is 9.95. The van der Waals surface area contributed by atoms with Crippen molar-refractivity contribution >= 4 is 11.6 Å². The maximum atomic E-state index is 12.7. The number of amides is 1. The largest absolute Gasteiger partial charge is 0.479 e. The van der Waals surface area contributed by atoms with Gasteiger partial charge in [-0.3, -0.25) is 14.9 Å². The van der Waals surface area contributed by atoms with Crippen LogP contribution in [0.4, 0.5) is 5.69 Å². The molecule has 2 unspecified atom stereocenters. The molecule has 3 rings (SSSR count). The molecule has 0 spiro atoms. The molecule has 7 nitrogen and oxygen atoms in total. The van der Waals surface area contributed by atoms with Gasteiger partial charge in [0, 0.05) is 6.07 Å². The molecule has 0 radical (unpaired) electrons. The first-order chi connectivity index (χ1) is 15.4. The first kappa shape index (κ1) is 23.1. The van der Waals surface area contributed by atoms with Crippen LogP contribution in [-0.2, 0) is 6.61 Å². The Bertz CT molecular complexity index is 1060. The summed E-state index contributed by atoms with van der Waals surface area (Å²) in [5.74, 6) is 0.895. The fourth-order valence-corrected chi connectivity index (χ4v) is 3.40. The summed E-state index contributed by atoms with van der Waals surface area (Å²) in [7, 11) is 0. The lowest BCUT2D eigenvalue weighted by Crippen LogP contribution is -2.27. The van der Waals surface area contributed by atoms with E-state index in [2.05, 4.69) is 43.4 Å². The number of benzene rings is 2. The minimum atomic E-state index is -0.503. The van der Waals surface area contributed by atoms with Gasteiger partial charge in [-0.2, -0.15) is 0 Å². The highest BCUT2D eigenvalue weighted by atomic mass is 16.6. The third-order valence-electron chi connectivity index (χ3n) is 5.55. The molecular weight excluding hydrogens is 408 g/mol. The lowest BCUT2D eigenvalue weighted by Gasteiger charge is -2.18. The van der Waals surface area contributed by atoms with E-state index in [0.717, 1.165) is 18.4 Å². The molecule has 3 aromatic rings. The van der Waals surface area contributed by atoms with Crippen LogP contribution < -0.4 is 10.1 Å². The van der Waals surface area contributed by atoms with E-state index >= 15 is 0 Å². The maximum Gasteiger partial charge on any atom is 0.310 e. The van der Waals surface area contributed by atoms with E-state index in [1.807, 2.05) is 6.92 Å². The molecule has 0 aliphatic carbocycles. The topological polar surface area (TPSA) is 94.6 Å². The van der Waals surface area contributed by atoms with Gasteiger partial charge >= 0.3 is 5.69 Å². The van der Waals surface area contributed by atoms with E-state index in [-0.39, 0.29) is 35.8 Å². The number of nitrogens with one attached hydrogen (secondary N) is 1. The highest BCUT2D eigenvalue weighted by Gasteiger charge is 2.19. The van der Waals surface area contributed by atoms with Crippen molar-refractivity contribution in [3.63, 3.8) is 0 Å². The van der Waals surface area contributed by atoms with Gasteiger partial charge in [-0.15, -0.1) is 0 Å². The summed E-state index contributed by atoms with van der Waals surface area (Å²) in [6.07, 6.45) is 1.82. The molecule has 0 saturated heterocycles. The molecular formula is C25H28N2O5. The molecule has 32 heavy (non-hydrogen) atoms. The van der Waals surface area contributed by atoms with Crippen LogP contribution >= 0.6 is 0 Å². The van der Waals surface area contributed by atoms with Crippen LogP contribution in [0.3, 0.4) is 0 Å². The average molecular weight is 437 g/mol. The van der Waals surface area contributed by atoms with E-state index in [4.69, 9.17) is 9.15 Å². The van der Waals surface area contributed by atoms with Gasteiger partial charge in [0.15, 0.2) is 11.5 Å². The van der Waals surface area contributed by atoms with Gasteiger partial charge in [0.25, 0.3) is 5.91 Å². The lowest BCUT2D eigenvalue weighted by molar-refractivity contribution is -0.386. The molecule has 7 heteroatoms. The Morgan fingerprint density at radius 2 is 1.72 bits per heavy atom. The van der Waals surface area contributed by atoms with Gasteiger partial charge in [-0.1, -0.05) is 57.2 Å². The minimum Gasteiger partial charge on any atom is -0.479 e. The van der Waals surface area contributed by atoms with Gasteiger partial charge in [0.2, 0.25) is 0 Å². The summed E-state index contributed by atoms with van der Waals surface area (Å²) in [5.41, 5.74) is 2.20. The van der Waals surface area contributed by atoms with Gasteiger partial charge in [0.1, 0.15) is 12.4 Å². The molecule has 2 atom stereocenters. The zero-order chi connectivity index (χ0) is 23.1. The van der Waals surface area contributed by atoms with Crippen LogP contribution in [0, 0.1) is 10.1 Å². The SMILES string of the molecule is CCC(C)c1ccc(C(CC)NC(=O)c2ccc(COc3ccccc3[N+](=O)[O-])o2)cc1. The van der Waals surface area contributed by atoms with Crippen LogP contribution in [-0.4, -0.2) is 10.8 Å². The molecule has 1 aromatic heterocycles. The number of para-hydroxylation sites is 2. The predicted octanol–water partition coefficient (Wildman–Crippen LogP) is 6.16. The molecule has 2 aromatic carbocycles. The Morgan fingerprint density at radius 1 is 1.03 bits per heavy atom. The number of carbonyl (C=O) groups is 1. The highest BCUT2D eigenvalue weighted by molar-refractivity contribution is 5.91. The molecule has 168 valence electrons. The third kappa shape index (κ3) is 5.55. The normalized spacial score (nSPS) is 12.7. The molecule has 1 amide bonds. The Kier molecular flexibility index (Phi) is 7.65. The van der Waals surface area contributed by atoms with Crippen LogP contribution in [0.1, 0.15) is 73.0 Å². The van der Waals surface area contributed by atoms with Crippen molar-refractivity contribution in [3.05, 3.63) is 93.4 Å². The summed E-state index contributed by atoms with van der Waals surface area (Å²) in [6.45, 7) is 6.35. The maximum absolute atomic E-state index is 12.7. The van der Waals surface area contributed by atoms with Crippen molar-refractivity contribution in [1.29, 1.82) is 0 Å². The molecule has 1 N–H and O–H groups in total.